The van der Waals surface area contributed by atoms with Crippen LogP contribution in [0, 0.1) is 10.1 Å². The van der Waals surface area contributed by atoms with Crippen LogP contribution in [0.4, 0.5) is 5.69 Å². The molecule has 0 radical (unpaired) electrons. The Morgan fingerprint density at radius 1 is 1.24 bits per heavy atom. The second kappa shape index (κ2) is 9.01. The van der Waals surface area contributed by atoms with Crippen LogP contribution in [0.2, 0.25) is 0 Å². The van der Waals surface area contributed by atoms with Crippen molar-refractivity contribution < 1.29 is 4.92 Å². The standard InChI is InChI=1S/C8H8BrNO2.CBr4/c9-5-4-7-2-1-3-8(6-7)10(11)12;2-1(3,4)5/h1-3,6H,4-5H2;. The average Bonchev–Trinajstić information content (AvgIpc) is 2.16. The van der Waals surface area contributed by atoms with Crippen LogP contribution >= 0.6 is 79.6 Å². The molecular weight excluding hydrogens is 554 g/mol. The number of aryl methyl sites for hydroxylation is 1. The van der Waals surface area contributed by atoms with Crippen molar-refractivity contribution in [3.05, 3.63) is 39.9 Å². The number of nitro groups is 1. The zero-order valence-electron chi connectivity index (χ0n) is 8.38. The molecule has 1 rings (SSSR count). The number of benzene rings is 1. The topological polar surface area (TPSA) is 43.1 Å². The van der Waals surface area contributed by atoms with E-state index in [1.807, 2.05) is 6.07 Å². The third kappa shape index (κ3) is 11.8. The first kappa shape index (κ1) is 18.0. The van der Waals surface area contributed by atoms with E-state index in [2.05, 4.69) is 79.6 Å². The van der Waals surface area contributed by atoms with E-state index in [0.717, 1.165) is 17.3 Å². The molecule has 0 N–H and O–H groups in total. The van der Waals surface area contributed by atoms with Gasteiger partial charge in [0.15, 0.2) is 1.05 Å². The molecule has 0 spiro atoms. The molecule has 1 aromatic rings. The van der Waals surface area contributed by atoms with Gasteiger partial charge in [-0.1, -0.05) is 28.1 Å². The fourth-order valence-electron chi connectivity index (χ4n) is 0.935. The number of rotatable bonds is 3. The predicted octanol–water partition coefficient (Wildman–Crippen LogP) is 5.71. The summed E-state index contributed by atoms with van der Waals surface area (Å²) in [7, 11) is 0. The fraction of sp³-hybridized carbons (Fsp3) is 0.333. The molecular formula is C9H8Br5NO2. The number of hydrogen-bond donors (Lipinski definition) is 0. The molecule has 0 fully saturated rings. The molecule has 8 heteroatoms. The maximum Gasteiger partial charge on any atom is 0.269 e. The highest BCUT2D eigenvalue weighted by Crippen LogP contribution is 2.39. The number of non-ortho nitro benzene ring substituents is 1. The van der Waals surface area contributed by atoms with Gasteiger partial charge < -0.3 is 0 Å². The smallest absolute Gasteiger partial charge is 0.258 e. The molecule has 0 aliphatic carbocycles. The summed E-state index contributed by atoms with van der Waals surface area (Å²) in [5.41, 5.74) is 1.15. The summed E-state index contributed by atoms with van der Waals surface area (Å²) in [5, 5.41) is 11.2. The van der Waals surface area contributed by atoms with Gasteiger partial charge in [0.2, 0.25) is 0 Å². The van der Waals surface area contributed by atoms with Gasteiger partial charge in [-0.2, -0.15) is 0 Å². The molecule has 0 aromatic heterocycles. The molecule has 0 bridgehead atoms. The second-order valence-electron chi connectivity index (χ2n) is 2.79. The Labute approximate surface area is 142 Å². The van der Waals surface area contributed by atoms with Gasteiger partial charge in [0.1, 0.15) is 0 Å². The van der Waals surface area contributed by atoms with Crippen LogP contribution in [0.1, 0.15) is 5.56 Å². The van der Waals surface area contributed by atoms with E-state index in [-0.39, 0.29) is 11.7 Å². The minimum atomic E-state index is -0.377. The van der Waals surface area contributed by atoms with Gasteiger partial charge in [0, 0.05) is 17.5 Å². The fourth-order valence-corrected chi connectivity index (χ4v) is 1.39. The molecule has 0 aliphatic heterocycles. The second-order valence-corrected chi connectivity index (χ2v) is 14.7. The Bertz CT molecular complexity index is 361. The quantitative estimate of drug-likeness (QED) is 0.270. The number of nitrogens with zero attached hydrogens (tertiary/aromatic N) is 1. The summed E-state index contributed by atoms with van der Waals surface area (Å²) in [4.78, 5) is 9.97. The Balaban J connectivity index is 0.000000437. The summed E-state index contributed by atoms with van der Waals surface area (Å²) >= 11 is 15.8. The first-order chi connectivity index (χ1) is 7.74. The molecule has 0 atom stereocenters. The van der Waals surface area contributed by atoms with E-state index < -0.39 is 0 Å². The Morgan fingerprint density at radius 3 is 2.18 bits per heavy atom. The number of alkyl halides is 5. The Kier molecular flexibility index (Phi) is 9.55. The van der Waals surface area contributed by atoms with Crippen molar-refractivity contribution in [2.24, 2.45) is 0 Å². The van der Waals surface area contributed by atoms with Crippen molar-refractivity contribution in [3.8, 4) is 0 Å². The van der Waals surface area contributed by atoms with Crippen LogP contribution in [0.15, 0.2) is 24.3 Å². The first-order valence-corrected chi connectivity index (χ1v) is 8.58. The predicted molar refractivity (Wildman–Crippen MR) is 89.0 cm³/mol. The third-order valence-electron chi connectivity index (χ3n) is 1.50. The summed E-state index contributed by atoms with van der Waals surface area (Å²) in [6.07, 6.45) is 0.821. The lowest BCUT2D eigenvalue weighted by Gasteiger charge is -1.96. The van der Waals surface area contributed by atoms with Crippen molar-refractivity contribution in [1.29, 1.82) is 0 Å². The Morgan fingerprint density at radius 2 is 1.76 bits per heavy atom. The van der Waals surface area contributed by atoms with E-state index in [9.17, 15) is 10.1 Å². The van der Waals surface area contributed by atoms with E-state index in [1.54, 1.807) is 12.1 Å². The maximum atomic E-state index is 10.4. The van der Waals surface area contributed by atoms with Crippen LogP contribution in [-0.4, -0.2) is 11.3 Å². The van der Waals surface area contributed by atoms with Gasteiger partial charge in [-0.3, -0.25) is 10.1 Å². The van der Waals surface area contributed by atoms with Crippen molar-refractivity contribution in [3.63, 3.8) is 0 Å². The lowest BCUT2D eigenvalue weighted by Crippen LogP contribution is -1.90. The number of nitro benzene ring substituents is 1. The van der Waals surface area contributed by atoms with E-state index in [0.29, 0.717) is 0 Å². The van der Waals surface area contributed by atoms with Crippen LogP contribution in [-0.2, 0) is 6.42 Å². The summed E-state index contributed by atoms with van der Waals surface area (Å²) < 4.78 is -0.250. The minimum absolute atomic E-state index is 0.161. The lowest BCUT2D eigenvalue weighted by molar-refractivity contribution is -0.384. The first-order valence-electron chi connectivity index (χ1n) is 4.29. The van der Waals surface area contributed by atoms with Gasteiger partial charge in [0.05, 0.1) is 4.92 Å². The molecule has 0 saturated carbocycles. The van der Waals surface area contributed by atoms with Crippen molar-refractivity contribution >= 4 is 85.3 Å². The minimum Gasteiger partial charge on any atom is -0.258 e. The van der Waals surface area contributed by atoms with Crippen molar-refractivity contribution in [2.45, 2.75) is 7.47 Å². The molecule has 17 heavy (non-hydrogen) atoms. The molecule has 0 unspecified atom stereocenters. The van der Waals surface area contributed by atoms with E-state index in [1.165, 1.54) is 6.07 Å². The summed E-state index contributed by atoms with van der Waals surface area (Å²) in [6.45, 7) is 0. The van der Waals surface area contributed by atoms with Gasteiger partial charge in [0.25, 0.3) is 5.69 Å². The molecule has 0 amide bonds. The zero-order valence-corrected chi connectivity index (χ0v) is 16.3. The highest BCUT2D eigenvalue weighted by Gasteiger charge is 2.08. The number of halogens is 5. The molecule has 96 valence electrons. The largest absolute Gasteiger partial charge is 0.269 e. The normalized spacial score (nSPS) is 10.4. The third-order valence-corrected chi connectivity index (χ3v) is 1.90. The molecule has 0 aliphatic rings. The van der Waals surface area contributed by atoms with Crippen LogP contribution in [0.25, 0.3) is 0 Å². The monoisotopic (exact) mass is 557 g/mol. The summed E-state index contributed by atoms with van der Waals surface area (Å²) in [6, 6.07) is 6.68. The van der Waals surface area contributed by atoms with Crippen LogP contribution in [0.3, 0.4) is 0 Å². The van der Waals surface area contributed by atoms with Crippen molar-refractivity contribution in [1.82, 2.24) is 0 Å². The van der Waals surface area contributed by atoms with Crippen LogP contribution < -0.4 is 0 Å². The van der Waals surface area contributed by atoms with Gasteiger partial charge in [-0.05, 0) is 75.7 Å². The average molecular weight is 562 g/mol. The Hall–Kier alpha value is 1.02. The van der Waals surface area contributed by atoms with Crippen molar-refractivity contribution in [2.75, 3.05) is 5.33 Å². The molecule has 1 aromatic carbocycles. The van der Waals surface area contributed by atoms with Gasteiger partial charge in [-0.25, -0.2) is 0 Å². The maximum absolute atomic E-state index is 10.4. The number of hydrogen-bond acceptors (Lipinski definition) is 2. The molecule has 0 saturated heterocycles. The van der Waals surface area contributed by atoms with Gasteiger partial charge in [-0.15, -0.1) is 0 Å². The SMILES string of the molecule is BrC(Br)(Br)Br.O=[N+]([O-])c1cccc(CCBr)c1. The summed E-state index contributed by atoms with van der Waals surface area (Å²) in [5.74, 6) is 0. The zero-order chi connectivity index (χ0) is 13.5. The highest BCUT2D eigenvalue weighted by molar-refractivity contribution is 9.52. The lowest BCUT2D eigenvalue weighted by atomic mass is 10.1. The van der Waals surface area contributed by atoms with E-state index >= 15 is 0 Å². The van der Waals surface area contributed by atoms with Gasteiger partial charge >= 0.3 is 0 Å². The van der Waals surface area contributed by atoms with E-state index in [4.69, 9.17) is 0 Å². The highest BCUT2D eigenvalue weighted by atomic mass is 80.0. The molecule has 3 nitrogen and oxygen atoms in total. The van der Waals surface area contributed by atoms with Crippen LogP contribution in [0.5, 0.6) is 0 Å². The molecule has 0 heterocycles.